The standard InChI is InChI=1S/C19H16N2O5S/c1-25-14-8-6-13(7-9-14)20-17(22)11-26-15-5-3-2-4-12(15)10-16-18(23)21-19(24)27-16/h2-10H,11H2,1H3,(H,20,22)(H,21,23,24)/b16-10-. The van der Waals surface area contributed by atoms with Crippen LogP contribution in [0.15, 0.2) is 53.4 Å². The van der Waals surface area contributed by atoms with Gasteiger partial charge in [-0.1, -0.05) is 18.2 Å². The first-order valence-electron chi connectivity index (χ1n) is 7.96. The van der Waals surface area contributed by atoms with E-state index in [-0.39, 0.29) is 17.4 Å². The maximum Gasteiger partial charge on any atom is 0.290 e. The Morgan fingerprint density at radius 2 is 1.89 bits per heavy atom. The highest BCUT2D eigenvalue weighted by Gasteiger charge is 2.25. The molecule has 3 rings (SSSR count). The van der Waals surface area contributed by atoms with Crippen LogP contribution >= 0.6 is 11.8 Å². The second-order valence-corrected chi connectivity index (χ2v) is 6.47. The third-order valence-electron chi connectivity index (χ3n) is 3.58. The summed E-state index contributed by atoms with van der Waals surface area (Å²) in [6, 6.07) is 13.9. The number of benzene rings is 2. The van der Waals surface area contributed by atoms with E-state index in [1.807, 2.05) is 0 Å². The van der Waals surface area contributed by atoms with Crippen LogP contribution in [-0.4, -0.2) is 30.8 Å². The number of carbonyl (C=O) groups is 3. The Morgan fingerprint density at radius 1 is 1.15 bits per heavy atom. The van der Waals surface area contributed by atoms with Gasteiger partial charge in [-0.25, -0.2) is 0 Å². The third-order valence-corrected chi connectivity index (χ3v) is 4.39. The summed E-state index contributed by atoms with van der Waals surface area (Å²) in [5.41, 5.74) is 1.22. The Balaban J connectivity index is 1.64. The van der Waals surface area contributed by atoms with Crippen LogP contribution in [0.2, 0.25) is 0 Å². The van der Waals surface area contributed by atoms with E-state index in [1.54, 1.807) is 61.7 Å². The maximum absolute atomic E-state index is 12.1. The van der Waals surface area contributed by atoms with Gasteiger partial charge < -0.3 is 14.8 Å². The van der Waals surface area contributed by atoms with Crippen LogP contribution in [0.4, 0.5) is 10.5 Å². The Bertz CT molecular complexity index is 909. The van der Waals surface area contributed by atoms with Crippen molar-refractivity contribution in [1.29, 1.82) is 0 Å². The molecule has 1 aliphatic heterocycles. The number of thioether (sulfide) groups is 1. The lowest BCUT2D eigenvalue weighted by molar-refractivity contribution is -0.118. The van der Waals surface area contributed by atoms with Gasteiger partial charge in [0.05, 0.1) is 12.0 Å². The van der Waals surface area contributed by atoms with Crippen LogP contribution in [0.3, 0.4) is 0 Å². The predicted molar refractivity (Wildman–Crippen MR) is 103 cm³/mol. The molecular weight excluding hydrogens is 368 g/mol. The molecule has 0 aliphatic carbocycles. The lowest BCUT2D eigenvalue weighted by atomic mass is 10.2. The molecule has 0 spiro atoms. The molecule has 1 fully saturated rings. The summed E-state index contributed by atoms with van der Waals surface area (Å²) in [5.74, 6) is 0.351. The topological polar surface area (TPSA) is 93.7 Å². The Kier molecular flexibility index (Phi) is 5.77. The average molecular weight is 384 g/mol. The number of para-hydroxylation sites is 1. The van der Waals surface area contributed by atoms with Gasteiger partial charge in [0.15, 0.2) is 6.61 Å². The van der Waals surface area contributed by atoms with Crippen molar-refractivity contribution >= 4 is 40.6 Å². The number of hydrogen-bond acceptors (Lipinski definition) is 6. The van der Waals surface area contributed by atoms with Gasteiger partial charge in [-0.15, -0.1) is 0 Å². The molecule has 0 radical (unpaired) electrons. The minimum absolute atomic E-state index is 0.204. The Morgan fingerprint density at radius 3 is 2.56 bits per heavy atom. The van der Waals surface area contributed by atoms with Crippen molar-refractivity contribution in [3.05, 3.63) is 59.0 Å². The number of hydrogen-bond donors (Lipinski definition) is 2. The second kappa shape index (κ2) is 8.41. The molecule has 1 heterocycles. The van der Waals surface area contributed by atoms with Crippen molar-refractivity contribution in [2.45, 2.75) is 0 Å². The first-order valence-corrected chi connectivity index (χ1v) is 8.77. The summed E-state index contributed by atoms with van der Waals surface area (Å²) in [6.07, 6.45) is 1.56. The van der Waals surface area contributed by atoms with E-state index >= 15 is 0 Å². The maximum atomic E-state index is 12.1. The number of amides is 3. The second-order valence-electron chi connectivity index (χ2n) is 5.46. The molecule has 7 nitrogen and oxygen atoms in total. The van der Waals surface area contributed by atoms with Gasteiger partial charge in [0, 0.05) is 11.3 Å². The minimum atomic E-state index is -0.447. The highest BCUT2D eigenvalue weighted by molar-refractivity contribution is 8.18. The molecule has 2 N–H and O–H groups in total. The summed E-state index contributed by atoms with van der Waals surface area (Å²) in [6.45, 7) is -0.204. The highest BCUT2D eigenvalue weighted by atomic mass is 32.2. The van der Waals surface area contributed by atoms with Crippen molar-refractivity contribution in [1.82, 2.24) is 5.32 Å². The van der Waals surface area contributed by atoms with Crippen LogP contribution in [0.5, 0.6) is 11.5 Å². The first kappa shape index (κ1) is 18.5. The highest BCUT2D eigenvalue weighted by Crippen LogP contribution is 2.29. The van der Waals surface area contributed by atoms with Gasteiger partial charge in [0.25, 0.3) is 17.1 Å². The Labute approximate surface area is 159 Å². The molecule has 2 aromatic rings. The minimum Gasteiger partial charge on any atom is -0.497 e. The molecule has 0 aromatic heterocycles. The van der Waals surface area contributed by atoms with Crippen molar-refractivity contribution in [3.63, 3.8) is 0 Å². The molecule has 0 bridgehead atoms. The van der Waals surface area contributed by atoms with E-state index < -0.39 is 11.1 Å². The summed E-state index contributed by atoms with van der Waals surface area (Å²) in [7, 11) is 1.57. The van der Waals surface area contributed by atoms with E-state index in [0.717, 1.165) is 11.8 Å². The third kappa shape index (κ3) is 4.89. The van der Waals surface area contributed by atoms with Gasteiger partial charge in [-0.05, 0) is 48.2 Å². The predicted octanol–water partition coefficient (Wildman–Crippen LogP) is 3.04. The quantitative estimate of drug-likeness (QED) is 0.744. The van der Waals surface area contributed by atoms with Crippen molar-refractivity contribution in [2.75, 3.05) is 19.0 Å². The van der Waals surface area contributed by atoms with Crippen LogP contribution in [0, 0.1) is 0 Å². The molecule has 1 aliphatic rings. The molecule has 2 aromatic carbocycles. The molecular formula is C19H16N2O5S. The molecule has 138 valence electrons. The molecule has 0 saturated carbocycles. The molecule has 8 heteroatoms. The van der Waals surface area contributed by atoms with Crippen molar-refractivity contribution in [2.24, 2.45) is 0 Å². The van der Waals surface area contributed by atoms with Crippen molar-refractivity contribution in [3.8, 4) is 11.5 Å². The van der Waals surface area contributed by atoms with Crippen LogP contribution in [0.25, 0.3) is 6.08 Å². The van der Waals surface area contributed by atoms with Gasteiger partial charge in [0.2, 0.25) is 0 Å². The lowest BCUT2D eigenvalue weighted by Gasteiger charge is -2.10. The number of ether oxygens (including phenoxy) is 2. The normalized spacial score (nSPS) is 14.8. The van der Waals surface area contributed by atoms with E-state index in [0.29, 0.717) is 22.7 Å². The van der Waals surface area contributed by atoms with Crippen LogP contribution in [-0.2, 0) is 9.59 Å². The fourth-order valence-electron chi connectivity index (χ4n) is 2.31. The zero-order chi connectivity index (χ0) is 19.2. The number of rotatable bonds is 6. The Hall–Kier alpha value is -3.26. The van der Waals surface area contributed by atoms with Gasteiger partial charge in [0.1, 0.15) is 11.5 Å². The van der Waals surface area contributed by atoms with E-state index in [1.165, 1.54) is 0 Å². The monoisotopic (exact) mass is 384 g/mol. The van der Waals surface area contributed by atoms with Crippen LogP contribution < -0.4 is 20.1 Å². The largest absolute Gasteiger partial charge is 0.497 e. The molecule has 27 heavy (non-hydrogen) atoms. The summed E-state index contributed by atoms with van der Waals surface area (Å²) in [4.78, 5) is 35.3. The number of methoxy groups -OCH3 is 1. The summed E-state index contributed by atoms with van der Waals surface area (Å²) >= 11 is 0.823. The number of imide groups is 1. The summed E-state index contributed by atoms with van der Waals surface area (Å²) < 4.78 is 10.6. The van der Waals surface area contributed by atoms with E-state index in [2.05, 4.69) is 10.6 Å². The zero-order valence-electron chi connectivity index (χ0n) is 14.4. The van der Waals surface area contributed by atoms with Crippen molar-refractivity contribution < 1.29 is 23.9 Å². The number of nitrogens with one attached hydrogen (secondary N) is 2. The van der Waals surface area contributed by atoms with E-state index in [4.69, 9.17) is 9.47 Å². The van der Waals surface area contributed by atoms with Crippen LogP contribution in [0.1, 0.15) is 5.56 Å². The van der Waals surface area contributed by atoms with Gasteiger partial charge >= 0.3 is 0 Å². The fourth-order valence-corrected chi connectivity index (χ4v) is 2.98. The summed E-state index contributed by atoms with van der Waals surface area (Å²) in [5, 5.41) is 4.50. The SMILES string of the molecule is COc1ccc(NC(=O)COc2ccccc2/C=C2\SC(=O)NC2=O)cc1. The number of carbonyl (C=O) groups excluding carboxylic acids is 3. The average Bonchev–Trinajstić information content (AvgIpc) is 2.98. The zero-order valence-corrected chi connectivity index (χ0v) is 15.2. The van der Waals surface area contributed by atoms with Gasteiger partial charge in [-0.3, -0.25) is 19.7 Å². The van der Waals surface area contributed by atoms with E-state index in [9.17, 15) is 14.4 Å². The molecule has 1 saturated heterocycles. The molecule has 3 amide bonds. The van der Waals surface area contributed by atoms with Gasteiger partial charge in [-0.2, -0.15) is 0 Å². The molecule has 0 unspecified atom stereocenters. The number of anilines is 1. The first-order chi connectivity index (χ1) is 13.0. The fraction of sp³-hybridized carbons (Fsp3) is 0.105. The lowest BCUT2D eigenvalue weighted by Crippen LogP contribution is -2.20. The smallest absolute Gasteiger partial charge is 0.290 e. The molecule has 0 atom stereocenters.